The molecule has 4 heteroatoms. The number of aliphatic hydroxyl groups excluding tert-OH is 1. The van der Waals surface area contributed by atoms with Gasteiger partial charge in [-0.05, 0) is 25.7 Å². The highest BCUT2D eigenvalue weighted by Gasteiger charge is 2.14. The van der Waals surface area contributed by atoms with Gasteiger partial charge in [0.15, 0.2) is 0 Å². The summed E-state index contributed by atoms with van der Waals surface area (Å²) in [4.78, 5) is 0. The first-order valence-electron chi connectivity index (χ1n) is 5.98. The first kappa shape index (κ1) is 13.5. The molecule has 0 saturated carbocycles. The summed E-state index contributed by atoms with van der Waals surface area (Å²) >= 11 is 6.23. The molecule has 0 spiro atoms. The molecule has 1 atom stereocenters. The Hall–Kier alpha value is -0.540. The standard InChI is InChI=1S/C12H21ClN2O/c1-4-6-9(16)7-8-11-12(13)10(5-2)14-15(11)3/h9,16H,4-8H2,1-3H3. The van der Waals surface area contributed by atoms with Crippen LogP contribution >= 0.6 is 11.6 Å². The van der Waals surface area contributed by atoms with Crippen LogP contribution in [0.2, 0.25) is 5.02 Å². The Labute approximate surface area is 102 Å². The lowest BCUT2D eigenvalue weighted by atomic mass is 10.1. The molecule has 3 nitrogen and oxygen atoms in total. The monoisotopic (exact) mass is 244 g/mol. The SMILES string of the molecule is CCCC(O)CCc1c(Cl)c(CC)nn1C. The van der Waals surface area contributed by atoms with Crippen LogP contribution < -0.4 is 0 Å². The number of nitrogens with zero attached hydrogens (tertiary/aromatic N) is 2. The Kier molecular flexibility index (Phi) is 5.29. The number of aromatic nitrogens is 2. The normalized spacial score (nSPS) is 13.1. The van der Waals surface area contributed by atoms with Crippen molar-refractivity contribution in [2.45, 2.75) is 52.1 Å². The zero-order chi connectivity index (χ0) is 12.1. The second kappa shape index (κ2) is 6.26. The molecule has 0 fully saturated rings. The van der Waals surface area contributed by atoms with Gasteiger partial charge in [-0.2, -0.15) is 5.10 Å². The maximum atomic E-state index is 9.68. The van der Waals surface area contributed by atoms with Crippen LogP contribution in [-0.4, -0.2) is 21.0 Å². The van der Waals surface area contributed by atoms with Gasteiger partial charge in [0, 0.05) is 7.05 Å². The lowest BCUT2D eigenvalue weighted by Gasteiger charge is -2.09. The van der Waals surface area contributed by atoms with Gasteiger partial charge in [0.25, 0.3) is 0 Å². The third-order valence-electron chi connectivity index (χ3n) is 2.84. The van der Waals surface area contributed by atoms with Crippen LogP contribution in [0.5, 0.6) is 0 Å². The van der Waals surface area contributed by atoms with Gasteiger partial charge in [-0.3, -0.25) is 4.68 Å². The summed E-state index contributed by atoms with van der Waals surface area (Å²) in [7, 11) is 1.91. The Morgan fingerprint density at radius 2 is 2.06 bits per heavy atom. The van der Waals surface area contributed by atoms with Crippen LogP contribution in [-0.2, 0) is 19.9 Å². The smallest absolute Gasteiger partial charge is 0.0849 e. The fourth-order valence-electron chi connectivity index (χ4n) is 1.87. The van der Waals surface area contributed by atoms with Crippen LogP contribution in [0.3, 0.4) is 0 Å². The van der Waals surface area contributed by atoms with Gasteiger partial charge in [0.05, 0.1) is 22.5 Å². The molecular formula is C12H21ClN2O. The third kappa shape index (κ3) is 3.22. The molecule has 0 aliphatic carbocycles. The van der Waals surface area contributed by atoms with E-state index in [1.54, 1.807) is 0 Å². The zero-order valence-corrected chi connectivity index (χ0v) is 11.1. The minimum Gasteiger partial charge on any atom is -0.393 e. The molecule has 0 aromatic carbocycles. The Balaban J connectivity index is 2.63. The van der Waals surface area contributed by atoms with Crippen LogP contribution in [0.15, 0.2) is 0 Å². The maximum absolute atomic E-state index is 9.68. The molecular weight excluding hydrogens is 224 g/mol. The van der Waals surface area contributed by atoms with Crippen molar-refractivity contribution in [3.8, 4) is 0 Å². The average Bonchev–Trinajstić information content (AvgIpc) is 2.52. The van der Waals surface area contributed by atoms with Crippen molar-refractivity contribution in [1.82, 2.24) is 9.78 Å². The Morgan fingerprint density at radius 1 is 1.38 bits per heavy atom. The van der Waals surface area contributed by atoms with Crippen molar-refractivity contribution in [2.75, 3.05) is 0 Å². The van der Waals surface area contributed by atoms with E-state index in [4.69, 9.17) is 11.6 Å². The summed E-state index contributed by atoms with van der Waals surface area (Å²) in [6, 6.07) is 0. The summed E-state index contributed by atoms with van der Waals surface area (Å²) in [6.45, 7) is 4.12. The lowest BCUT2D eigenvalue weighted by molar-refractivity contribution is 0.153. The van der Waals surface area contributed by atoms with E-state index >= 15 is 0 Å². The number of aryl methyl sites for hydroxylation is 2. The fourth-order valence-corrected chi connectivity index (χ4v) is 2.26. The minimum atomic E-state index is -0.221. The molecule has 0 bridgehead atoms. The summed E-state index contributed by atoms with van der Waals surface area (Å²) in [5.41, 5.74) is 1.98. The van der Waals surface area contributed by atoms with E-state index in [0.717, 1.165) is 48.5 Å². The summed E-state index contributed by atoms with van der Waals surface area (Å²) in [6.07, 6.45) is 4.06. The predicted octanol–water partition coefficient (Wildman–Crippen LogP) is 2.73. The number of rotatable bonds is 6. The molecule has 1 aromatic rings. The average molecular weight is 245 g/mol. The Bertz CT molecular complexity index is 336. The summed E-state index contributed by atoms with van der Waals surface area (Å²) in [5, 5.41) is 14.8. The quantitative estimate of drug-likeness (QED) is 0.836. The fraction of sp³-hybridized carbons (Fsp3) is 0.750. The molecule has 92 valence electrons. The topological polar surface area (TPSA) is 38.1 Å². The highest BCUT2D eigenvalue weighted by atomic mass is 35.5. The number of halogens is 1. The van der Waals surface area contributed by atoms with Gasteiger partial charge in [-0.15, -0.1) is 0 Å². The molecule has 1 rings (SSSR count). The van der Waals surface area contributed by atoms with Gasteiger partial charge in [0.1, 0.15) is 0 Å². The molecule has 0 aliphatic heterocycles. The van der Waals surface area contributed by atoms with Gasteiger partial charge in [0.2, 0.25) is 0 Å². The Morgan fingerprint density at radius 3 is 2.56 bits per heavy atom. The zero-order valence-electron chi connectivity index (χ0n) is 10.3. The van der Waals surface area contributed by atoms with Crippen LogP contribution in [0.4, 0.5) is 0 Å². The van der Waals surface area contributed by atoms with Crippen molar-refractivity contribution in [2.24, 2.45) is 7.05 Å². The highest BCUT2D eigenvalue weighted by Crippen LogP contribution is 2.22. The minimum absolute atomic E-state index is 0.221. The molecule has 0 radical (unpaired) electrons. The van der Waals surface area contributed by atoms with Crippen molar-refractivity contribution >= 4 is 11.6 Å². The van der Waals surface area contributed by atoms with Crippen molar-refractivity contribution in [3.63, 3.8) is 0 Å². The molecule has 16 heavy (non-hydrogen) atoms. The van der Waals surface area contributed by atoms with Crippen molar-refractivity contribution in [1.29, 1.82) is 0 Å². The van der Waals surface area contributed by atoms with Crippen molar-refractivity contribution < 1.29 is 5.11 Å². The van der Waals surface area contributed by atoms with Crippen molar-refractivity contribution in [3.05, 3.63) is 16.4 Å². The van der Waals surface area contributed by atoms with Crippen LogP contribution in [0.25, 0.3) is 0 Å². The van der Waals surface area contributed by atoms with Crippen LogP contribution in [0, 0.1) is 0 Å². The van der Waals surface area contributed by atoms with Gasteiger partial charge in [-0.1, -0.05) is 31.9 Å². The number of hydrogen-bond donors (Lipinski definition) is 1. The molecule has 0 amide bonds. The summed E-state index contributed by atoms with van der Waals surface area (Å²) in [5.74, 6) is 0. The van der Waals surface area contributed by atoms with Gasteiger partial charge < -0.3 is 5.11 Å². The van der Waals surface area contributed by atoms with E-state index < -0.39 is 0 Å². The van der Waals surface area contributed by atoms with E-state index in [2.05, 4.69) is 12.0 Å². The van der Waals surface area contributed by atoms with Gasteiger partial charge in [-0.25, -0.2) is 0 Å². The third-order valence-corrected chi connectivity index (χ3v) is 3.28. The van der Waals surface area contributed by atoms with E-state index in [9.17, 15) is 5.11 Å². The number of aliphatic hydroxyl groups is 1. The highest BCUT2D eigenvalue weighted by molar-refractivity contribution is 6.31. The molecule has 0 saturated heterocycles. The summed E-state index contributed by atoms with van der Waals surface area (Å²) < 4.78 is 1.83. The van der Waals surface area contributed by atoms with Crippen LogP contribution in [0.1, 0.15) is 44.5 Å². The molecule has 1 aromatic heterocycles. The molecule has 1 N–H and O–H groups in total. The lowest BCUT2D eigenvalue weighted by Crippen LogP contribution is -2.09. The van der Waals surface area contributed by atoms with E-state index in [1.807, 2.05) is 18.7 Å². The second-order valence-corrected chi connectivity index (χ2v) is 4.54. The van der Waals surface area contributed by atoms with Gasteiger partial charge >= 0.3 is 0 Å². The van der Waals surface area contributed by atoms with E-state index in [1.165, 1.54) is 0 Å². The molecule has 0 aliphatic rings. The van der Waals surface area contributed by atoms with E-state index in [0.29, 0.717) is 0 Å². The largest absolute Gasteiger partial charge is 0.393 e. The second-order valence-electron chi connectivity index (χ2n) is 4.17. The number of hydrogen-bond acceptors (Lipinski definition) is 2. The molecule has 1 unspecified atom stereocenters. The predicted molar refractivity (Wildman–Crippen MR) is 66.8 cm³/mol. The maximum Gasteiger partial charge on any atom is 0.0849 e. The molecule has 1 heterocycles. The first-order valence-corrected chi connectivity index (χ1v) is 6.36. The first-order chi connectivity index (χ1) is 7.60. The van der Waals surface area contributed by atoms with E-state index in [-0.39, 0.29) is 6.10 Å².